The first-order chi connectivity index (χ1) is 10.9. The minimum Gasteiger partial charge on any atom is -0.496 e. The van der Waals surface area contributed by atoms with Gasteiger partial charge in [0.25, 0.3) is 0 Å². The molecule has 0 amide bonds. The molecule has 0 spiro atoms. The number of carbonyl (C=O) groups excluding carboxylic acids is 1. The number of methoxy groups -OCH3 is 1. The van der Waals surface area contributed by atoms with E-state index in [0.29, 0.717) is 24.9 Å². The molecular formula is C17H20F3NO2. The number of hydrogen-bond donors (Lipinski definition) is 1. The van der Waals surface area contributed by atoms with E-state index in [4.69, 9.17) is 4.74 Å². The molecule has 2 saturated heterocycles. The number of carbonyl (C=O) groups is 1. The van der Waals surface area contributed by atoms with E-state index >= 15 is 0 Å². The normalized spacial score (nSPS) is 27.6. The number of Topliss-reactive ketones (excluding diaryl/α,β-unsaturated/α-hetero) is 1. The van der Waals surface area contributed by atoms with Crippen LogP contribution in [0.4, 0.5) is 13.2 Å². The molecule has 2 bridgehead atoms. The zero-order valence-corrected chi connectivity index (χ0v) is 13.0. The molecule has 0 aliphatic carbocycles. The fourth-order valence-corrected chi connectivity index (χ4v) is 3.80. The molecule has 0 radical (unpaired) electrons. The van der Waals surface area contributed by atoms with Crippen molar-refractivity contribution in [1.82, 2.24) is 5.32 Å². The second kappa shape index (κ2) is 6.15. The topological polar surface area (TPSA) is 38.3 Å². The van der Waals surface area contributed by atoms with Crippen molar-refractivity contribution in [2.75, 3.05) is 7.11 Å². The minimum absolute atomic E-state index is 0.128. The maximum atomic E-state index is 13.1. The van der Waals surface area contributed by atoms with Gasteiger partial charge in [-0.15, -0.1) is 0 Å². The molecule has 2 fully saturated rings. The average Bonchev–Trinajstić information content (AvgIpc) is 2.52. The largest absolute Gasteiger partial charge is 0.496 e. The molecule has 0 aromatic heterocycles. The summed E-state index contributed by atoms with van der Waals surface area (Å²) in [6, 6.07) is 4.24. The summed E-state index contributed by atoms with van der Waals surface area (Å²) in [5, 5.41) is 3.49. The van der Waals surface area contributed by atoms with Gasteiger partial charge in [-0.3, -0.25) is 4.79 Å². The molecule has 2 aliphatic rings. The highest BCUT2D eigenvalue weighted by molar-refractivity contribution is 5.98. The highest BCUT2D eigenvalue weighted by Gasteiger charge is 2.38. The number of benzene rings is 1. The van der Waals surface area contributed by atoms with Gasteiger partial charge in [0, 0.05) is 23.6 Å². The Morgan fingerprint density at radius 2 is 1.87 bits per heavy atom. The number of alkyl halides is 3. The van der Waals surface area contributed by atoms with Crippen molar-refractivity contribution < 1.29 is 22.7 Å². The van der Waals surface area contributed by atoms with Gasteiger partial charge >= 0.3 is 6.18 Å². The van der Waals surface area contributed by atoms with Gasteiger partial charge in [0.05, 0.1) is 12.7 Å². The first-order valence-corrected chi connectivity index (χ1v) is 7.94. The van der Waals surface area contributed by atoms with Crippen LogP contribution in [-0.2, 0) is 6.18 Å². The number of halogens is 3. The van der Waals surface area contributed by atoms with Crippen molar-refractivity contribution in [1.29, 1.82) is 0 Å². The van der Waals surface area contributed by atoms with Gasteiger partial charge in [-0.1, -0.05) is 6.42 Å². The van der Waals surface area contributed by atoms with Crippen molar-refractivity contribution in [3.05, 3.63) is 29.3 Å². The predicted molar refractivity (Wildman–Crippen MR) is 79.6 cm³/mol. The summed E-state index contributed by atoms with van der Waals surface area (Å²) < 4.78 is 44.1. The van der Waals surface area contributed by atoms with Gasteiger partial charge in [-0.25, -0.2) is 0 Å². The molecule has 23 heavy (non-hydrogen) atoms. The standard InChI is InChI=1S/C17H20F3NO2/c1-23-15-6-5-10(9-14(15)17(18,19)20)16(22)11-7-12-3-2-4-13(8-11)21-12/h5-6,9,11-13,21H,2-4,7-8H2,1H3. The number of piperidine rings is 2. The predicted octanol–water partition coefficient (Wildman–Crippen LogP) is 3.82. The molecule has 3 nitrogen and oxygen atoms in total. The molecule has 6 heteroatoms. The van der Waals surface area contributed by atoms with Crippen LogP contribution in [0.2, 0.25) is 0 Å². The van der Waals surface area contributed by atoms with Crippen LogP contribution in [0.5, 0.6) is 5.75 Å². The minimum atomic E-state index is -4.54. The summed E-state index contributed by atoms with van der Waals surface area (Å²) >= 11 is 0. The van der Waals surface area contributed by atoms with Crippen LogP contribution >= 0.6 is 0 Å². The highest BCUT2D eigenvalue weighted by Crippen LogP contribution is 2.38. The molecule has 3 rings (SSSR count). The molecule has 1 aromatic rings. The first-order valence-electron chi connectivity index (χ1n) is 7.94. The quantitative estimate of drug-likeness (QED) is 0.858. The van der Waals surface area contributed by atoms with Crippen molar-refractivity contribution in [2.45, 2.75) is 50.4 Å². The van der Waals surface area contributed by atoms with Gasteiger partial charge in [-0.2, -0.15) is 13.2 Å². The van der Waals surface area contributed by atoms with Crippen molar-refractivity contribution in [3.63, 3.8) is 0 Å². The Labute approximate surface area is 133 Å². The Hall–Kier alpha value is -1.56. The lowest BCUT2D eigenvalue weighted by Gasteiger charge is -2.39. The first kappa shape index (κ1) is 16.3. The third-order valence-corrected chi connectivity index (χ3v) is 4.87. The zero-order chi connectivity index (χ0) is 16.6. The third kappa shape index (κ3) is 3.37. The van der Waals surface area contributed by atoms with E-state index in [1.807, 2.05) is 0 Å². The van der Waals surface area contributed by atoms with Crippen LogP contribution < -0.4 is 10.1 Å². The number of hydrogen-bond acceptors (Lipinski definition) is 3. The summed E-state index contributed by atoms with van der Waals surface area (Å²) in [7, 11) is 1.19. The van der Waals surface area contributed by atoms with E-state index in [1.54, 1.807) is 0 Å². The lowest BCUT2D eigenvalue weighted by atomic mass is 9.77. The summed E-state index contributed by atoms with van der Waals surface area (Å²) in [5.74, 6) is -0.631. The SMILES string of the molecule is COc1ccc(C(=O)C2CC3CCCC(C2)N3)cc1C(F)(F)F. The van der Waals surface area contributed by atoms with Crippen LogP contribution in [0, 0.1) is 5.92 Å². The molecule has 126 valence electrons. The van der Waals surface area contributed by atoms with Crippen LogP contribution in [-0.4, -0.2) is 25.0 Å². The van der Waals surface area contributed by atoms with Gasteiger partial charge in [0.15, 0.2) is 5.78 Å². The fraction of sp³-hybridized carbons (Fsp3) is 0.588. The van der Waals surface area contributed by atoms with E-state index in [1.165, 1.54) is 19.2 Å². The van der Waals surface area contributed by atoms with E-state index in [0.717, 1.165) is 25.3 Å². The monoisotopic (exact) mass is 327 g/mol. The number of ketones is 1. The fourth-order valence-electron chi connectivity index (χ4n) is 3.80. The third-order valence-electron chi connectivity index (χ3n) is 4.87. The zero-order valence-electron chi connectivity index (χ0n) is 13.0. The second-order valence-corrected chi connectivity index (χ2v) is 6.44. The number of ether oxygens (including phenoxy) is 1. The highest BCUT2D eigenvalue weighted by atomic mass is 19.4. The van der Waals surface area contributed by atoms with Crippen LogP contribution in [0.25, 0.3) is 0 Å². The molecule has 0 saturated carbocycles. The maximum Gasteiger partial charge on any atom is 0.419 e. The molecule has 2 unspecified atom stereocenters. The lowest BCUT2D eigenvalue weighted by molar-refractivity contribution is -0.138. The van der Waals surface area contributed by atoms with Crippen molar-refractivity contribution in [2.24, 2.45) is 5.92 Å². The molecule has 2 aliphatic heterocycles. The average molecular weight is 327 g/mol. The number of nitrogens with one attached hydrogen (secondary N) is 1. The maximum absolute atomic E-state index is 13.1. The Morgan fingerprint density at radius 3 is 2.43 bits per heavy atom. The molecule has 1 N–H and O–H groups in total. The lowest BCUT2D eigenvalue weighted by Crippen LogP contribution is -2.50. The van der Waals surface area contributed by atoms with Gasteiger partial charge < -0.3 is 10.1 Å². The number of fused-ring (bicyclic) bond motifs is 2. The van der Waals surface area contributed by atoms with E-state index in [9.17, 15) is 18.0 Å². The number of rotatable bonds is 3. The second-order valence-electron chi connectivity index (χ2n) is 6.44. The van der Waals surface area contributed by atoms with Crippen LogP contribution in [0.3, 0.4) is 0 Å². The van der Waals surface area contributed by atoms with E-state index < -0.39 is 11.7 Å². The molecule has 2 atom stereocenters. The summed E-state index contributed by atoms with van der Waals surface area (Å²) in [5.41, 5.74) is -0.761. The van der Waals surface area contributed by atoms with Crippen LogP contribution in [0.1, 0.15) is 48.0 Å². The van der Waals surface area contributed by atoms with E-state index in [-0.39, 0.29) is 23.0 Å². The van der Waals surface area contributed by atoms with Crippen LogP contribution in [0.15, 0.2) is 18.2 Å². The summed E-state index contributed by atoms with van der Waals surface area (Å²) in [6.45, 7) is 0. The van der Waals surface area contributed by atoms with Crippen molar-refractivity contribution >= 4 is 5.78 Å². The summed E-state index contributed by atoms with van der Waals surface area (Å²) in [6.07, 6.45) is 0.120. The molecule has 2 heterocycles. The van der Waals surface area contributed by atoms with Crippen molar-refractivity contribution in [3.8, 4) is 5.75 Å². The Balaban J connectivity index is 1.85. The Bertz CT molecular complexity index is 588. The van der Waals surface area contributed by atoms with Gasteiger partial charge in [0.1, 0.15) is 5.75 Å². The Kier molecular flexibility index (Phi) is 4.36. The smallest absolute Gasteiger partial charge is 0.419 e. The molecule has 1 aromatic carbocycles. The van der Waals surface area contributed by atoms with E-state index in [2.05, 4.69) is 5.32 Å². The van der Waals surface area contributed by atoms with Gasteiger partial charge in [0.2, 0.25) is 0 Å². The Morgan fingerprint density at radius 1 is 1.22 bits per heavy atom. The molecular weight excluding hydrogens is 307 g/mol. The summed E-state index contributed by atoms with van der Waals surface area (Å²) in [4.78, 5) is 12.7. The van der Waals surface area contributed by atoms with Gasteiger partial charge in [-0.05, 0) is 43.9 Å².